The second-order valence-electron chi connectivity index (χ2n) is 6.02. The lowest BCUT2D eigenvalue weighted by Crippen LogP contribution is -2.09. The van der Waals surface area contributed by atoms with Crippen molar-refractivity contribution in [3.8, 4) is 6.07 Å². The van der Waals surface area contributed by atoms with E-state index in [1.165, 1.54) is 0 Å². The van der Waals surface area contributed by atoms with Gasteiger partial charge in [-0.05, 0) is 31.6 Å². The summed E-state index contributed by atoms with van der Waals surface area (Å²) in [7, 11) is 0. The van der Waals surface area contributed by atoms with Crippen LogP contribution in [0.1, 0.15) is 36.4 Å². The van der Waals surface area contributed by atoms with Crippen LogP contribution >= 0.6 is 11.6 Å². The molecule has 1 heterocycles. The van der Waals surface area contributed by atoms with Crippen molar-refractivity contribution in [2.45, 2.75) is 34.2 Å². The molecule has 1 aromatic carbocycles. The van der Waals surface area contributed by atoms with Gasteiger partial charge in [0.15, 0.2) is 5.78 Å². The van der Waals surface area contributed by atoms with Crippen LogP contribution in [0.2, 0.25) is 5.02 Å². The largest absolute Gasteiger partial charge is 0.293 e. The van der Waals surface area contributed by atoms with Crippen molar-refractivity contribution < 1.29 is 4.79 Å². The van der Waals surface area contributed by atoms with E-state index in [1.807, 2.05) is 48.9 Å². The van der Waals surface area contributed by atoms with E-state index in [0.29, 0.717) is 11.6 Å². The highest BCUT2D eigenvalue weighted by Gasteiger charge is 2.17. The van der Waals surface area contributed by atoms with E-state index in [-0.39, 0.29) is 17.3 Å². The van der Waals surface area contributed by atoms with Crippen LogP contribution in [-0.2, 0) is 11.3 Å². The third-order valence-corrected chi connectivity index (χ3v) is 4.28. The van der Waals surface area contributed by atoms with Crippen LogP contribution in [0.15, 0.2) is 29.8 Å². The molecule has 4 nitrogen and oxygen atoms in total. The maximum atomic E-state index is 12.1. The molecule has 0 saturated heterocycles. The van der Waals surface area contributed by atoms with Gasteiger partial charge in [-0.1, -0.05) is 43.6 Å². The maximum Gasteiger partial charge on any atom is 0.175 e. The number of Topliss-reactive ketones (excluding diaryl/α,β-unsaturated/α-hetero) is 1. The molecule has 2 rings (SSSR count). The van der Waals surface area contributed by atoms with Gasteiger partial charge in [0.1, 0.15) is 6.07 Å². The van der Waals surface area contributed by atoms with Gasteiger partial charge in [-0.2, -0.15) is 10.4 Å². The smallest absolute Gasteiger partial charge is 0.175 e. The Morgan fingerprint density at radius 3 is 2.62 bits per heavy atom. The molecule has 2 aromatic rings. The Bertz CT molecular complexity index is 841. The van der Waals surface area contributed by atoms with E-state index in [1.54, 1.807) is 19.9 Å². The van der Waals surface area contributed by atoms with Gasteiger partial charge in [0.25, 0.3) is 0 Å². The molecule has 0 radical (unpaired) electrons. The van der Waals surface area contributed by atoms with Crippen molar-refractivity contribution >= 4 is 23.5 Å². The predicted molar refractivity (Wildman–Crippen MR) is 95.7 cm³/mol. The van der Waals surface area contributed by atoms with Crippen LogP contribution in [-0.4, -0.2) is 15.6 Å². The van der Waals surface area contributed by atoms with Crippen LogP contribution in [0, 0.1) is 31.1 Å². The average molecular weight is 342 g/mol. The lowest BCUT2D eigenvalue weighted by molar-refractivity contribution is -0.117. The number of hydrogen-bond donors (Lipinski definition) is 0. The highest BCUT2D eigenvalue weighted by molar-refractivity contribution is 6.31. The maximum absolute atomic E-state index is 12.1. The Labute approximate surface area is 147 Å². The number of nitriles is 1. The van der Waals surface area contributed by atoms with Crippen LogP contribution in [0.25, 0.3) is 6.08 Å². The molecule has 0 unspecified atom stereocenters. The summed E-state index contributed by atoms with van der Waals surface area (Å²) in [5.74, 6) is -0.371. The number of allylic oxidation sites excluding steroid dienone is 1. The van der Waals surface area contributed by atoms with Crippen molar-refractivity contribution in [3.05, 3.63) is 57.4 Å². The quantitative estimate of drug-likeness (QED) is 0.600. The van der Waals surface area contributed by atoms with Gasteiger partial charge in [-0.15, -0.1) is 0 Å². The molecule has 0 N–H and O–H groups in total. The molecule has 0 spiro atoms. The summed E-state index contributed by atoms with van der Waals surface area (Å²) in [4.78, 5) is 12.1. The first-order valence-electron chi connectivity index (χ1n) is 7.78. The van der Waals surface area contributed by atoms with Gasteiger partial charge in [0.2, 0.25) is 0 Å². The number of hydrogen-bond acceptors (Lipinski definition) is 3. The fraction of sp³-hybridized carbons (Fsp3) is 0.316. The number of rotatable bonds is 5. The lowest BCUT2D eigenvalue weighted by atomic mass is 9.99. The van der Waals surface area contributed by atoms with Gasteiger partial charge in [-0.3, -0.25) is 9.48 Å². The number of aryl methyl sites for hydroxylation is 1. The Hall–Kier alpha value is -2.38. The number of benzene rings is 1. The van der Waals surface area contributed by atoms with Crippen molar-refractivity contribution in [2.75, 3.05) is 0 Å². The number of halogens is 1. The van der Waals surface area contributed by atoms with E-state index in [9.17, 15) is 10.1 Å². The fourth-order valence-electron chi connectivity index (χ4n) is 2.48. The van der Waals surface area contributed by atoms with Gasteiger partial charge in [0.05, 0.1) is 17.8 Å². The molecule has 0 aliphatic rings. The van der Waals surface area contributed by atoms with Crippen LogP contribution < -0.4 is 0 Å². The average Bonchev–Trinajstić information content (AvgIpc) is 2.80. The number of carbonyl (C=O) groups excluding carboxylic acids is 1. The Kier molecular flexibility index (Phi) is 5.58. The Morgan fingerprint density at radius 1 is 1.38 bits per heavy atom. The van der Waals surface area contributed by atoms with E-state index in [2.05, 4.69) is 5.10 Å². The lowest BCUT2D eigenvalue weighted by Gasteiger charge is -2.07. The molecular formula is C19H20ClN3O. The summed E-state index contributed by atoms with van der Waals surface area (Å²) in [6, 6.07) is 9.63. The molecule has 0 bridgehead atoms. The zero-order valence-electron chi connectivity index (χ0n) is 14.3. The summed E-state index contributed by atoms with van der Waals surface area (Å²) >= 11 is 6.22. The fourth-order valence-corrected chi connectivity index (χ4v) is 2.67. The van der Waals surface area contributed by atoms with Crippen molar-refractivity contribution in [1.29, 1.82) is 5.26 Å². The topological polar surface area (TPSA) is 58.7 Å². The highest BCUT2D eigenvalue weighted by atomic mass is 35.5. The SMILES string of the molecule is Cc1nn(Cc2ccccc2Cl)c(C)c1C=C(C#N)C(=O)C(C)C. The van der Waals surface area contributed by atoms with Gasteiger partial charge < -0.3 is 0 Å². The molecule has 1 aromatic heterocycles. The highest BCUT2D eigenvalue weighted by Crippen LogP contribution is 2.22. The minimum absolute atomic E-state index is 0.157. The second kappa shape index (κ2) is 7.46. The summed E-state index contributed by atoms with van der Waals surface area (Å²) in [5, 5.41) is 14.5. The Morgan fingerprint density at radius 2 is 2.04 bits per heavy atom. The molecule has 0 atom stereocenters. The molecule has 0 saturated carbocycles. The molecule has 0 aliphatic carbocycles. The first kappa shape index (κ1) is 18.0. The predicted octanol–water partition coefficient (Wildman–Crippen LogP) is 4.33. The minimum atomic E-state index is -0.213. The standard InChI is InChI=1S/C19H20ClN3O/c1-12(2)19(24)16(10-21)9-17-13(3)22-23(14(17)4)11-15-7-5-6-8-18(15)20/h5-9,12H,11H2,1-4H3. The number of nitrogens with zero attached hydrogens (tertiary/aromatic N) is 3. The van der Waals surface area contributed by atoms with Gasteiger partial charge >= 0.3 is 0 Å². The zero-order valence-corrected chi connectivity index (χ0v) is 15.1. The summed E-state index contributed by atoms with van der Waals surface area (Å²) in [6.45, 7) is 7.91. The molecular weight excluding hydrogens is 322 g/mol. The third kappa shape index (κ3) is 3.74. The number of ketones is 1. The van der Waals surface area contributed by atoms with E-state index in [0.717, 1.165) is 22.5 Å². The van der Waals surface area contributed by atoms with E-state index in [4.69, 9.17) is 11.6 Å². The summed E-state index contributed by atoms with van der Waals surface area (Å²) in [5.41, 5.74) is 3.63. The van der Waals surface area contributed by atoms with Crippen molar-refractivity contribution in [2.24, 2.45) is 5.92 Å². The second-order valence-corrected chi connectivity index (χ2v) is 6.43. The zero-order chi connectivity index (χ0) is 17.9. The molecule has 124 valence electrons. The monoisotopic (exact) mass is 341 g/mol. The van der Waals surface area contributed by atoms with E-state index < -0.39 is 0 Å². The number of carbonyl (C=O) groups is 1. The van der Waals surface area contributed by atoms with E-state index >= 15 is 0 Å². The molecule has 5 heteroatoms. The van der Waals surface area contributed by atoms with Crippen molar-refractivity contribution in [3.63, 3.8) is 0 Å². The number of aromatic nitrogens is 2. The molecule has 0 aliphatic heterocycles. The third-order valence-electron chi connectivity index (χ3n) is 3.91. The van der Waals surface area contributed by atoms with Crippen molar-refractivity contribution in [1.82, 2.24) is 9.78 Å². The molecule has 0 fully saturated rings. The first-order valence-corrected chi connectivity index (χ1v) is 8.16. The first-order chi connectivity index (χ1) is 11.3. The van der Waals surface area contributed by atoms with Gasteiger partial charge in [-0.25, -0.2) is 0 Å². The molecule has 24 heavy (non-hydrogen) atoms. The Balaban J connectivity index is 2.41. The van der Waals surface area contributed by atoms with Gasteiger partial charge in [0, 0.05) is 22.2 Å². The normalized spacial score (nSPS) is 11.6. The minimum Gasteiger partial charge on any atom is -0.293 e. The van der Waals surface area contributed by atoms with Crippen LogP contribution in [0.4, 0.5) is 0 Å². The van der Waals surface area contributed by atoms with Crippen LogP contribution in [0.5, 0.6) is 0 Å². The summed E-state index contributed by atoms with van der Waals surface area (Å²) < 4.78 is 1.84. The molecule has 0 amide bonds. The summed E-state index contributed by atoms with van der Waals surface area (Å²) in [6.07, 6.45) is 1.64. The van der Waals surface area contributed by atoms with Crippen LogP contribution in [0.3, 0.4) is 0 Å².